The highest BCUT2D eigenvalue weighted by Crippen LogP contribution is 2.44. The summed E-state index contributed by atoms with van der Waals surface area (Å²) in [6.45, 7) is 5.23. The number of benzene rings is 2. The zero-order chi connectivity index (χ0) is 24.0. The van der Waals surface area contributed by atoms with E-state index in [0.717, 1.165) is 22.3 Å². The largest absolute Gasteiger partial charge is 0.480 e. The molecule has 172 valence electrons. The minimum absolute atomic E-state index is 0.0205. The lowest BCUT2D eigenvalue weighted by Gasteiger charge is -2.23. The van der Waals surface area contributed by atoms with Crippen molar-refractivity contribution in [3.05, 3.63) is 59.7 Å². The minimum atomic E-state index is -1.19. The van der Waals surface area contributed by atoms with Crippen LogP contribution in [0.2, 0.25) is 0 Å². The van der Waals surface area contributed by atoms with Crippen molar-refractivity contribution in [2.75, 3.05) is 6.61 Å². The molecule has 3 rings (SSSR count). The Labute approximate surface area is 193 Å². The topological polar surface area (TPSA) is 105 Å². The highest BCUT2D eigenvalue weighted by Gasteiger charge is 2.31. The average Bonchev–Trinajstić information content (AvgIpc) is 3.12. The zero-order valence-corrected chi connectivity index (χ0v) is 18.9. The van der Waals surface area contributed by atoms with Gasteiger partial charge in [0.05, 0.1) is 0 Å². The van der Waals surface area contributed by atoms with E-state index in [1.54, 1.807) is 20.8 Å². The molecule has 0 saturated carbocycles. The molecule has 7 nitrogen and oxygen atoms in total. The Morgan fingerprint density at radius 2 is 1.58 bits per heavy atom. The number of carboxylic acid groups (broad SMARTS) is 1. The lowest BCUT2D eigenvalue weighted by Crippen LogP contribution is -2.53. The molecular weight excluding hydrogens is 420 g/mol. The Kier molecular flexibility index (Phi) is 7.73. The van der Waals surface area contributed by atoms with E-state index >= 15 is 0 Å². The number of rotatable bonds is 8. The van der Waals surface area contributed by atoms with Crippen LogP contribution in [0.25, 0.3) is 11.1 Å². The van der Waals surface area contributed by atoms with Crippen molar-refractivity contribution in [3.63, 3.8) is 0 Å². The van der Waals surface area contributed by atoms with Gasteiger partial charge >= 0.3 is 12.1 Å². The Bertz CT molecular complexity index is 1050. The first-order valence-corrected chi connectivity index (χ1v) is 10.9. The van der Waals surface area contributed by atoms with Crippen LogP contribution in [0, 0.1) is 17.8 Å². The molecule has 2 atom stereocenters. The zero-order valence-electron chi connectivity index (χ0n) is 18.9. The summed E-state index contributed by atoms with van der Waals surface area (Å²) in [5.41, 5.74) is 4.42. The molecule has 0 bridgehead atoms. The van der Waals surface area contributed by atoms with Gasteiger partial charge in [-0.2, -0.15) is 0 Å². The minimum Gasteiger partial charge on any atom is -0.480 e. The van der Waals surface area contributed by atoms with E-state index in [9.17, 15) is 19.5 Å². The van der Waals surface area contributed by atoms with Gasteiger partial charge in [0.1, 0.15) is 18.7 Å². The maximum absolute atomic E-state index is 12.7. The van der Waals surface area contributed by atoms with Gasteiger partial charge in [-0.25, -0.2) is 9.59 Å². The number of hydrogen-bond donors (Lipinski definition) is 3. The number of carbonyl (C=O) groups excluding carboxylic acids is 2. The number of fused-ring (bicyclic) bond motifs is 3. The Hall–Kier alpha value is -3.79. The maximum Gasteiger partial charge on any atom is 0.407 e. The molecule has 1 unspecified atom stereocenters. The third-order valence-corrected chi connectivity index (χ3v) is 5.66. The molecule has 3 N–H and O–H groups in total. The van der Waals surface area contributed by atoms with Crippen LogP contribution in [-0.4, -0.2) is 41.8 Å². The molecule has 0 radical (unpaired) electrons. The molecule has 0 heterocycles. The first-order chi connectivity index (χ1) is 15.8. The van der Waals surface area contributed by atoms with Gasteiger partial charge in [-0.15, -0.1) is 11.8 Å². The van der Waals surface area contributed by atoms with Gasteiger partial charge in [-0.05, 0) is 35.1 Å². The van der Waals surface area contributed by atoms with Crippen LogP contribution >= 0.6 is 0 Å². The van der Waals surface area contributed by atoms with Gasteiger partial charge in [0.15, 0.2) is 0 Å². The highest BCUT2D eigenvalue weighted by molar-refractivity contribution is 5.89. The number of nitrogens with one attached hydrogen (secondary N) is 2. The lowest BCUT2D eigenvalue weighted by atomic mass is 9.98. The summed E-state index contributed by atoms with van der Waals surface area (Å²) >= 11 is 0. The number of hydrogen-bond acceptors (Lipinski definition) is 4. The quantitative estimate of drug-likeness (QED) is 0.536. The highest BCUT2D eigenvalue weighted by atomic mass is 16.5. The van der Waals surface area contributed by atoms with E-state index in [4.69, 9.17) is 4.74 Å². The molecule has 0 aliphatic heterocycles. The summed E-state index contributed by atoms with van der Waals surface area (Å²) in [5.74, 6) is 3.11. The molecule has 0 fully saturated rings. The fraction of sp³-hybridized carbons (Fsp3) is 0.346. The Morgan fingerprint density at radius 1 is 1.00 bits per heavy atom. The Balaban J connectivity index is 1.65. The standard InChI is InChI=1S/C26H28N2O5/c1-4-5-14-22(25(30)31)27-24(29)23(16(2)3)28-26(32)33-15-21-19-12-8-6-10-17(19)18-11-7-9-13-20(18)21/h6-13,16,21-23H,14-15H2,1-3H3,(H,27,29)(H,28,32)(H,30,31)/t22?,23-/m0/s1. The third kappa shape index (κ3) is 5.53. The molecule has 2 aromatic rings. The molecule has 2 aromatic carbocycles. The van der Waals surface area contributed by atoms with E-state index in [1.807, 2.05) is 36.4 Å². The predicted octanol–water partition coefficient (Wildman–Crippen LogP) is 3.53. The van der Waals surface area contributed by atoms with E-state index < -0.39 is 30.1 Å². The number of carbonyl (C=O) groups is 3. The van der Waals surface area contributed by atoms with Crippen molar-refractivity contribution < 1.29 is 24.2 Å². The van der Waals surface area contributed by atoms with Crippen molar-refractivity contribution in [1.82, 2.24) is 10.6 Å². The smallest absolute Gasteiger partial charge is 0.407 e. The summed E-state index contributed by atoms with van der Waals surface area (Å²) in [6.07, 6.45) is -0.751. The van der Waals surface area contributed by atoms with Crippen molar-refractivity contribution in [2.45, 2.75) is 45.2 Å². The molecule has 2 amide bonds. The molecule has 0 saturated heterocycles. The number of amides is 2. The van der Waals surface area contributed by atoms with Crippen molar-refractivity contribution in [2.24, 2.45) is 5.92 Å². The SMILES string of the molecule is CC#CCC(NC(=O)[C@@H](NC(=O)OCC1c2ccccc2-c2ccccc21)C(C)C)C(=O)O. The second-order valence-corrected chi connectivity index (χ2v) is 8.22. The van der Waals surface area contributed by atoms with Crippen LogP contribution in [0.3, 0.4) is 0 Å². The monoisotopic (exact) mass is 448 g/mol. The van der Waals surface area contributed by atoms with E-state index in [2.05, 4.69) is 34.6 Å². The summed E-state index contributed by atoms with van der Waals surface area (Å²) in [4.78, 5) is 36.7. The summed E-state index contributed by atoms with van der Waals surface area (Å²) in [6, 6.07) is 13.9. The number of ether oxygens (including phenoxy) is 1. The molecule has 0 spiro atoms. The summed E-state index contributed by atoms with van der Waals surface area (Å²) in [5, 5.41) is 14.4. The van der Waals surface area contributed by atoms with Crippen LogP contribution in [0.1, 0.15) is 44.2 Å². The third-order valence-electron chi connectivity index (χ3n) is 5.66. The van der Waals surface area contributed by atoms with Crippen LogP contribution in [0.5, 0.6) is 0 Å². The van der Waals surface area contributed by atoms with Gasteiger partial charge in [0, 0.05) is 12.3 Å². The fourth-order valence-electron chi connectivity index (χ4n) is 3.97. The Morgan fingerprint density at radius 3 is 2.09 bits per heavy atom. The van der Waals surface area contributed by atoms with E-state index in [1.165, 1.54) is 0 Å². The summed E-state index contributed by atoms with van der Waals surface area (Å²) < 4.78 is 5.52. The van der Waals surface area contributed by atoms with Crippen molar-refractivity contribution in [3.8, 4) is 23.0 Å². The first-order valence-electron chi connectivity index (χ1n) is 10.9. The molecular formula is C26H28N2O5. The van der Waals surface area contributed by atoms with Crippen LogP contribution in [-0.2, 0) is 14.3 Å². The lowest BCUT2D eigenvalue weighted by molar-refractivity contribution is -0.142. The van der Waals surface area contributed by atoms with E-state index in [-0.39, 0.29) is 24.9 Å². The normalized spacial score (nSPS) is 13.7. The summed E-state index contributed by atoms with van der Waals surface area (Å²) in [7, 11) is 0. The number of carboxylic acids is 1. The molecule has 1 aliphatic rings. The van der Waals surface area contributed by atoms with Gasteiger partial charge in [0.25, 0.3) is 0 Å². The average molecular weight is 449 g/mol. The van der Waals surface area contributed by atoms with Gasteiger partial charge in [-0.3, -0.25) is 4.79 Å². The predicted molar refractivity (Wildman–Crippen MR) is 124 cm³/mol. The van der Waals surface area contributed by atoms with Gasteiger partial charge < -0.3 is 20.5 Å². The second-order valence-electron chi connectivity index (χ2n) is 8.22. The van der Waals surface area contributed by atoms with Gasteiger partial charge in [0.2, 0.25) is 5.91 Å². The van der Waals surface area contributed by atoms with Gasteiger partial charge in [-0.1, -0.05) is 62.4 Å². The fourth-order valence-corrected chi connectivity index (χ4v) is 3.97. The molecule has 33 heavy (non-hydrogen) atoms. The number of alkyl carbamates (subject to hydrolysis) is 1. The maximum atomic E-state index is 12.7. The molecule has 7 heteroatoms. The van der Waals surface area contributed by atoms with Crippen LogP contribution in [0.15, 0.2) is 48.5 Å². The van der Waals surface area contributed by atoms with Crippen molar-refractivity contribution in [1.29, 1.82) is 0 Å². The van der Waals surface area contributed by atoms with E-state index in [0.29, 0.717) is 0 Å². The molecule has 0 aromatic heterocycles. The second kappa shape index (κ2) is 10.7. The number of aliphatic carboxylic acids is 1. The van der Waals surface area contributed by atoms with Crippen LogP contribution < -0.4 is 10.6 Å². The first kappa shape index (κ1) is 23.9. The van der Waals surface area contributed by atoms with Crippen LogP contribution in [0.4, 0.5) is 4.79 Å². The van der Waals surface area contributed by atoms with Crippen molar-refractivity contribution >= 4 is 18.0 Å². The molecule has 1 aliphatic carbocycles.